The van der Waals surface area contributed by atoms with Crippen LogP contribution in [0.1, 0.15) is 25.5 Å². The van der Waals surface area contributed by atoms with Crippen LogP contribution in [-0.2, 0) is 6.42 Å². The summed E-state index contributed by atoms with van der Waals surface area (Å²) < 4.78 is 0. The molecule has 17 heavy (non-hydrogen) atoms. The molecule has 4 nitrogen and oxygen atoms in total. The highest BCUT2D eigenvalue weighted by Gasteiger charge is 2.19. The van der Waals surface area contributed by atoms with Gasteiger partial charge in [-0.3, -0.25) is 0 Å². The molecule has 2 heterocycles. The van der Waals surface area contributed by atoms with Crippen LogP contribution in [0.5, 0.6) is 0 Å². The first kappa shape index (κ1) is 12.3. The van der Waals surface area contributed by atoms with Gasteiger partial charge in [0, 0.05) is 13.6 Å². The number of aromatic nitrogens is 2. The van der Waals surface area contributed by atoms with E-state index in [0.717, 1.165) is 23.9 Å². The second-order valence-corrected chi connectivity index (χ2v) is 4.77. The smallest absolute Gasteiger partial charge is 0.148 e. The van der Waals surface area contributed by atoms with Crippen molar-refractivity contribution in [2.45, 2.75) is 26.2 Å². The van der Waals surface area contributed by atoms with Crippen molar-refractivity contribution in [1.82, 2.24) is 15.1 Å². The lowest BCUT2D eigenvalue weighted by Crippen LogP contribution is -2.36. The molecule has 0 bridgehead atoms. The molecule has 1 aromatic heterocycles. The van der Waals surface area contributed by atoms with Gasteiger partial charge in [0.2, 0.25) is 0 Å². The van der Waals surface area contributed by atoms with Gasteiger partial charge in [-0.1, -0.05) is 6.92 Å². The first-order chi connectivity index (χ1) is 8.31. The molecule has 1 atom stereocenters. The third-order valence-corrected chi connectivity index (χ3v) is 3.52. The van der Waals surface area contributed by atoms with E-state index in [1.165, 1.54) is 32.5 Å². The largest absolute Gasteiger partial charge is 0.372 e. The SMILES string of the molecule is CCN1CCC[C@H](Cc2ccc(NC)nn2)C1. The summed E-state index contributed by atoms with van der Waals surface area (Å²) in [6.07, 6.45) is 3.71. The standard InChI is InChI=1S/C13H22N4/c1-3-17-8-4-5-11(10-17)9-12-6-7-13(14-2)16-15-12/h6-7,11H,3-5,8-10H2,1-2H3,(H,14,16)/t11-/m1/s1. The van der Waals surface area contributed by atoms with E-state index in [2.05, 4.69) is 33.4 Å². The quantitative estimate of drug-likeness (QED) is 0.862. The molecule has 1 aliphatic rings. The minimum absolute atomic E-state index is 0.749. The molecule has 4 heteroatoms. The van der Waals surface area contributed by atoms with Crippen molar-refractivity contribution in [3.8, 4) is 0 Å². The topological polar surface area (TPSA) is 41.0 Å². The van der Waals surface area contributed by atoms with Crippen LogP contribution in [0.4, 0.5) is 5.82 Å². The summed E-state index contributed by atoms with van der Waals surface area (Å²) in [7, 11) is 1.87. The second kappa shape index (κ2) is 5.96. The molecule has 0 saturated carbocycles. The summed E-state index contributed by atoms with van der Waals surface area (Å²) in [5.74, 6) is 1.59. The Hall–Kier alpha value is -1.16. The Morgan fingerprint density at radius 3 is 2.94 bits per heavy atom. The van der Waals surface area contributed by atoms with E-state index in [0.29, 0.717) is 0 Å². The maximum Gasteiger partial charge on any atom is 0.148 e. The lowest BCUT2D eigenvalue weighted by atomic mass is 9.93. The maximum atomic E-state index is 4.26. The van der Waals surface area contributed by atoms with Crippen LogP contribution in [0.3, 0.4) is 0 Å². The summed E-state index contributed by atoms with van der Waals surface area (Å²) in [5, 5.41) is 11.4. The molecule has 0 aromatic carbocycles. The van der Waals surface area contributed by atoms with E-state index in [1.807, 2.05) is 13.1 Å². The Morgan fingerprint density at radius 2 is 2.29 bits per heavy atom. The highest BCUT2D eigenvalue weighted by molar-refractivity contribution is 5.31. The second-order valence-electron chi connectivity index (χ2n) is 4.77. The average molecular weight is 234 g/mol. The molecular weight excluding hydrogens is 212 g/mol. The predicted molar refractivity (Wildman–Crippen MR) is 70.1 cm³/mol. The molecule has 0 amide bonds. The highest BCUT2D eigenvalue weighted by atomic mass is 15.2. The average Bonchev–Trinajstić information content (AvgIpc) is 2.40. The van der Waals surface area contributed by atoms with Gasteiger partial charge in [-0.25, -0.2) is 0 Å². The van der Waals surface area contributed by atoms with Crippen molar-refractivity contribution in [3.63, 3.8) is 0 Å². The lowest BCUT2D eigenvalue weighted by molar-refractivity contribution is 0.181. The summed E-state index contributed by atoms with van der Waals surface area (Å²) in [5.41, 5.74) is 1.12. The summed E-state index contributed by atoms with van der Waals surface area (Å²) in [4.78, 5) is 2.53. The van der Waals surface area contributed by atoms with Gasteiger partial charge in [0.1, 0.15) is 5.82 Å². The van der Waals surface area contributed by atoms with Gasteiger partial charge < -0.3 is 10.2 Å². The Kier molecular flexibility index (Phi) is 4.31. The zero-order valence-electron chi connectivity index (χ0n) is 10.8. The molecule has 1 saturated heterocycles. The Labute approximate surface area is 103 Å². The molecule has 0 unspecified atom stereocenters. The number of piperidine rings is 1. The van der Waals surface area contributed by atoms with Crippen LogP contribution >= 0.6 is 0 Å². The van der Waals surface area contributed by atoms with Crippen LogP contribution in [0.25, 0.3) is 0 Å². The summed E-state index contributed by atoms with van der Waals surface area (Å²) >= 11 is 0. The summed E-state index contributed by atoms with van der Waals surface area (Å²) in [6, 6.07) is 4.09. The van der Waals surface area contributed by atoms with Crippen molar-refractivity contribution >= 4 is 5.82 Å². The van der Waals surface area contributed by atoms with Gasteiger partial charge in [-0.05, 0) is 50.4 Å². The number of hydrogen-bond acceptors (Lipinski definition) is 4. The Morgan fingerprint density at radius 1 is 1.41 bits per heavy atom. The van der Waals surface area contributed by atoms with E-state index in [9.17, 15) is 0 Å². The molecule has 1 aliphatic heterocycles. The number of nitrogens with zero attached hydrogens (tertiary/aromatic N) is 3. The van der Waals surface area contributed by atoms with Gasteiger partial charge in [0.15, 0.2) is 0 Å². The molecule has 94 valence electrons. The minimum Gasteiger partial charge on any atom is -0.372 e. The van der Waals surface area contributed by atoms with Crippen LogP contribution in [0, 0.1) is 5.92 Å². The van der Waals surface area contributed by atoms with E-state index < -0.39 is 0 Å². The third-order valence-electron chi connectivity index (χ3n) is 3.52. The van der Waals surface area contributed by atoms with Crippen molar-refractivity contribution in [1.29, 1.82) is 0 Å². The zero-order chi connectivity index (χ0) is 12.1. The van der Waals surface area contributed by atoms with Gasteiger partial charge in [0.05, 0.1) is 5.69 Å². The first-order valence-corrected chi connectivity index (χ1v) is 6.54. The Balaban J connectivity index is 1.90. The number of rotatable bonds is 4. The maximum absolute atomic E-state index is 4.26. The van der Waals surface area contributed by atoms with Crippen LogP contribution in [-0.4, -0.2) is 41.8 Å². The number of likely N-dealkylation sites (tertiary alicyclic amines) is 1. The first-order valence-electron chi connectivity index (χ1n) is 6.54. The van der Waals surface area contributed by atoms with Gasteiger partial charge >= 0.3 is 0 Å². The normalized spacial score (nSPS) is 21.4. The van der Waals surface area contributed by atoms with Crippen LogP contribution in [0.2, 0.25) is 0 Å². The van der Waals surface area contributed by atoms with E-state index in [1.54, 1.807) is 0 Å². The molecular formula is C13H22N4. The molecule has 0 radical (unpaired) electrons. The lowest BCUT2D eigenvalue weighted by Gasteiger charge is -2.31. The molecule has 2 rings (SSSR count). The van der Waals surface area contributed by atoms with Crippen molar-refractivity contribution < 1.29 is 0 Å². The molecule has 1 aromatic rings. The fourth-order valence-corrected chi connectivity index (χ4v) is 2.50. The van der Waals surface area contributed by atoms with Crippen molar-refractivity contribution in [2.75, 3.05) is 32.0 Å². The number of nitrogens with one attached hydrogen (secondary N) is 1. The highest BCUT2D eigenvalue weighted by Crippen LogP contribution is 2.19. The molecule has 0 aliphatic carbocycles. The zero-order valence-corrected chi connectivity index (χ0v) is 10.8. The van der Waals surface area contributed by atoms with E-state index >= 15 is 0 Å². The number of anilines is 1. The third kappa shape index (κ3) is 3.40. The summed E-state index contributed by atoms with van der Waals surface area (Å²) in [6.45, 7) is 5.88. The van der Waals surface area contributed by atoms with Crippen molar-refractivity contribution in [2.24, 2.45) is 5.92 Å². The van der Waals surface area contributed by atoms with E-state index in [4.69, 9.17) is 0 Å². The van der Waals surface area contributed by atoms with Gasteiger partial charge in [-0.15, -0.1) is 5.10 Å². The van der Waals surface area contributed by atoms with Crippen molar-refractivity contribution in [3.05, 3.63) is 17.8 Å². The fourth-order valence-electron chi connectivity index (χ4n) is 2.50. The van der Waals surface area contributed by atoms with Gasteiger partial charge in [-0.2, -0.15) is 5.10 Å². The number of hydrogen-bond donors (Lipinski definition) is 1. The fraction of sp³-hybridized carbons (Fsp3) is 0.692. The van der Waals surface area contributed by atoms with Crippen LogP contribution < -0.4 is 5.32 Å². The van der Waals surface area contributed by atoms with Gasteiger partial charge in [0.25, 0.3) is 0 Å². The molecule has 1 N–H and O–H groups in total. The van der Waals surface area contributed by atoms with Crippen LogP contribution in [0.15, 0.2) is 12.1 Å². The Bertz CT molecular complexity index is 336. The van der Waals surface area contributed by atoms with E-state index in [-0.39, 0.29) is 0 Å². The molecule has 1 fully saturated rings. The predicted octanol–water partition coefficient (Wildman–Crippen LogP) is 1.79. The minimum atomic E-state index is 0.749. The molecule has 0 spiro atoms. The monoisotopic (exact) mass is 234 g/mol.